The molecule has 3 N–H and O–H groups in total. The van der Waals surface area contributed by atoms with Gasteiger partial charge in [-0.25, -0.2) is 4.98 Å². The molecule has 0 saturated carbocycles. The molecule has 2 aromatic rings. The SMILES string of the molecule is Nc1ccc(NC(=O)c2cnccn2)c(C(F)(F)F)c1. The average Bonchev–Trinajstić information content (AvgIpc) is 2.40. The van der Waals surface area contributed by atoms with E-state index in [-0.39, 0.29) is 17.1 Å². The first kappa shape index (κ1) is 13.8. The number of carbonyl (C=O) groups is 1. The Kier molecular flexibility index (Phi) is 3.55. The zero-order valence-electron chi connectivity index (χ0n) is 9.98. The molecule has 1 amide bonds. The van der Waals surface area contributed by atoms with Gasteiger partial charge in [-0.3, -0.25) is 9.78 Å². The van der Waals surface area contributed by atoms with Crippen LogP contribution in [0.25, 0.3) is 0 Å². The first-order chi connectivity index (χ1) is 9.38. The van der Waals surface area contributed by atoms with Gasteiger partial charge in [0.05, 0.1) is 17.4 Å². The highest BCUT2D eigenvalue weighted by Gasteiger charge is 2.34. The number of benzene rings is 1. The average molecular weight is 282 g/mol. The number of nitrogens with two attached hydrogens (primary N) is 1. The molecule has 0 unspecified atom stereocenters. The third-order valence-electron chi connectivity index (χ3n) is 2.39. The Labute approximate surface area is 111 Å². The number of carbonyl (C=O) groups excluding carboxylic acids is 1. The Balaban J connectivity index is 2.33. The van der Waals surface area contributed by atoms with Crippen molar-refractivity contribution in [2.24, 2.45) is 0 Å². The normalized spacial score (nSPS) is 11.2. The second-order valence-electron chi connectivity index (χ2n) is 3.85. The third-order valence-corrected chi connectivity index (χ3v) is 2.39. The quantitative estimate of drug-likeness (QED) is 0.828. The van der Waals surface area contributed by atoms with E-state index in [1.807, 2.05) is 0 Å². The van der Waals surface area contributed by atoms with Crippen LogP contribution in [-0.4, -0.2) is 15.9 Å². The molecule has 0 fully saturated rings. The number of halogens is 3. The number of nitrogens with zero attached hydrogens (tertiary/aromatic N) is 2. The molecule has 0 saturated heterocycles. The molecule has 2 rings (SSSR count). The van der Waals surface area contributed by atoms with E-state index in [9.17, 15) is 18.0 Å². The Bertz CT molecular complexity index is 628. The second kappa shape index (κ2) is 5.16. The van der Waals surface area contributed by atoms with Crippen LogP contribution < -0.4 is 11.1 Å². The molecule has 1 aromatic carbocycles. The number of alkyl halides is 3. The van der Waals surface area contributed by atoms with E-state index in [1.54, 1.807) is 0 Å². The maximum Gasteiger partial charge on any atom is 0.418 e. The molecule has 0 atom stereocenters. The minimum atomic E-state index is -4.62. The predicted octanol–water partition coefficient (Wildman–Crippen LogP) is 2.33. The van der Waals surface area contributed by atoms with Gasteiger partial charge in [0.15, 0.2) is 0 Å². The lowest BCUT2D eigenvalue weighted by Gasteiger charge is -2.14. The minimum absolute atomic E-state index is 0.0465. The molecule has 0 aliphatic carbocycles. The zero-order valence-corrected chi connectivity index (χ0v) is 9.98. The Morgan fingerprint density at radius 3 is 2.60 bits per heavy atom. The maximum atomic E-state index is 12.8. The van der Waals surface area contributed by atoms with Crippen LogP contribution in [0.3, 0.4) is 0 Å². The minimum Gasteiger partial charge on any atom is -0.399 e. The van der Waals surface area contributed by atoms with E-state index >= 15 is 0 Å². The molecule has 0 bridgehead atoms. The standard InChI is InChI=1S/C12H9F3N4O/c13-12(14,15)8-5-7(16)1-2-9(8)19-11(20)10-6-17-3-4-18-10/h1-6H,16H2,(H,19,20). The number of rotatable bonds is 2. The fourth-order valence-electron chi connectivity index (χ4n) is 1.51. The van der Waals surface area contributed by atoms with Crippen molar-refractivity contribution in [2.45, 2.75) is 6.18 Å². The fraction of sp³-hybridized carbons (Fsp3) is 0.0833. The van der Waals surface area contributed by atoms with Gasteiger partial charge < -0.3 is 11.1 Å². The molecule has 1 aromatic heterocycles. The van der Waals surface area contributed by atoms with Crippen molar-refractivity contribution < 1.29 is 18.0 Å². The van der Waals surface area contributed by atoms with Crippen molar-refractivity contribution >= 4 is 17.3 Å². The lowest BCUT2D eigenvalue weighted by Crippen LogP contribution is -2.18. The van der Waals surface area contributed by atoms with Crippen molar-refractivity contribution in [3.05, 3.63) is 48.0 Å². The van der Waals surface area contributed by atoms with E-state index in [4.69, 9.17) is 5.73 Å². The van der Waals surface area contributed by atoms with Crippen LogP contribution in [0, 0.1) is 0 Å². The number of amides is 1. The van der Waals surface area contributed by atoms with Gasteiger partial charge in [0.1, 0.15) is 5.69 Å². The van der Waals surface area contributed by atoms with Gasteiger partial charge in [-0.15, -0.1) is 0 Å². The molecule has 0 radical (unpaired) electrons. The van der Waals surface area contributed by atoms with Crippen LogP contribution in [0.5, 0.6) is 0 Å². The van der Waals surface area contributed by atoms with E-state index in [0.717, 1.165) is 18.3 Å². The van der Waals surface area contributed by atoms with Gasteiger partial charge in [-0.1, -0.05) is 0 Å². The molecule has 0 spiro atoms. The molecule has 8 heteroatoms. The first-order valence-corrected chi connectivity index (χ1v) is 5.42. The number of nitrogen functional groups attached to an aromatic ring is 1. The summed E-state index contributed by atoms with van der Waals surface area (Å²) in [4.78, 5) is 19.1. The lowest BCUT2D eigenvalue weighted by molar-refractivity contribution is -0.136. The summed E-state index contributed by atoms with van der Waals surface area (Å²) in [5.74, 6) is -0.784. The summed E-state index contributed by atoms with van der Waals surface area (Å²) in [6.07, 6.45) is -0.857. The van der Waals surface area contributed by atoms with Gasteiger partial charge in [-0.05, 0) is 18.2 Å². The topological polar surface area (TPSA) is 80.9 Å². The Hall–Kier alpha value is -2.64. The van der Waals surface area contributed by atoms with E-state index < -0.39 is 17.6 Å². The van der Waals surface area contributed by atoms with E-state index in [0.29, 0.717) is 0 Å². The number of nitrogens with one attached hydrogen (secondary N) is 1. The molecular formula is C12H9F3N4O. The van der Waals surface area contributed by atoms with E-state index in [2.05, 4.69) is 15.3 Å². The monoisotopic (exact) mass is 282 g/mol. The van der Waals surface area contributed by atoms with Crippen molar-refractivity contribution in [3.63, 3.8) is 0 Å². The van der Waals surface area contributed by atoms with Gasteiger partial charge in [-0.2, -0.15) is 13.2 Å². The predicted molar refractivity (Wildman–Crippen MR) is 65.8 cm³/mol. The van der Waals surface area contributed by atoms with Crippen LogP contribution in [0.2, 0.25) is 0 Å². The summed E-state index contributed by atoms with van der Waals surface area (Å²) in [6, 6.07) is 3.11. The van der Waals surface area contributed by atoms with Crippen molar-refractivity contribution in [1.82, 2.24) is 9.97 Å². The van der Waals surface area contributed by atoms with Gasteiger partial charge in [0.25, 0.3) is 5.91 Å². The van der Waals surface area contributed by atoms with Crippen molar-refractivity contribution in [2.75, 3.05) is 11.1 Å². The number of hydrogen-bond acceptors (Lipinski definition) is 4. The fourth-order valence-corrected chi connectivity index (χ4v) is 1.51. The number of aromatic nitrogens is 2. The van der Waals surface area contributed by atoms with Gasteiger partial charge in [0, 0.05) is 18.1 Å². The van der Waals surface area contributed by atoms with Crippen LogP contribution in [0.1, 0.15) is 16.1 Å². The third kappa shape index (κ3) is 3.02. The summed E-state index contributed by atoms with van der Waals surface area (Å²) >= 11 is 0. The highest BCUT2D eigenvalue weighted by atomic mass is 19.4. The summed E-state index contributed by atoms with van der Waals surface area (Å²) in [6.45, 7) is 0. The highest BCUT2D eigenvalue weighted by Crippen LogP contribution is 2.36. The molecule has 1 heterocycles. The summed E-state index contributed by atoms with van der Waals surface area (Å²) < 4.78 is 38.5. The first-order valence-electron chi connectivity index (χ1n) is 5.42. The van der Waals surface area contributed by atoms with Crippen molar-refractivity contribution in [1.29, 1.82) is 0 Å². The molecule has 0 aliphatic heterocycles. The molecule has 5 nitrogen and oxygen atoms in total. The molecular weight excluding hydrogens is 273 g/mol. The van der Waals surface area contributed by atoms with Gasteiger partial charge >= 0.3 is 6.18 Å². The van der Waals surface area contributed by atoms with E-state index in [1.165, 1.54) is 18.5 Å². The maximum absolute atomic E-state index is 12.8. The molecule has 20 heavy (non-hydrogen) atoms. The highest BCUT2D eigenvalue weighted by molar-refractivity contribution is 6.03. The summed E-state index contributed by atoms with van der Waals surface area (Å²) in [5, 5.41) is 2.14. The largest absolute Gasteiger partial charge is 0.418 e. The molecule has 0 aliphatic rings. The Morgan fingerprint density at radius 2 is 2.00 bits per heavy atom. The van der Waals surface area contributed by atoms with Crippen molar-refractivity contribution in [3.8, 4) is 0 Å². The van der Waals surface area contributed by atoms with Crippen LogP contribution in [0.4, 0.5) is 24.5 Å². The summed E-state index contributed by atoms with van der Waals surface area (Å²) in [7, 11) is 0. The number of hydrogen-bond donors (Lipinski definition) is 2. The van der Waals surface area contributed by atoms with Crippen LogP contribution in [0.15, 0.2) is 36.8 Å². The van der Waals surface area contributed by atoms with Crippen LogP contribution in [-0.2, 0) is 6.18 Å². The zero-order chi connectivity index (χ0) is 14.8. The second-order valence-corrected chi connectivity index (χ2v) is 3.85. The lowest BCUT2D eigenvalue weighted by atomic mass is 10.1. The Morgan fingerprint density at radius 1 is 1.25 bits per heavy atom. The van der Waals surface area contributed by atoms with Crippen LogP contribution >= 0.6 is 0 Å². The number of anilines is 2. The molecule has 104 valence electrons. The smallest absolute Gasteiger partial charge is 0.399 e. The van der Waals surface area contributed by atoms with Gasteiger partial charge in [0.2, 0.25) is 0 Å². The summed E-state index contributed by atoms with van der Waals surface area (Å²) in [5.41, 5.74) is 3.79.